The predicted octanol–water partition coefficient (Wildman–Crippen LogP) is 5.88. The normalized spacial score (nSPS) is 18.6. The van der Waals surface area contributed by atoms with Crippen molar-refractivity contribution in [2.45, 2.75) is 44.9 Å². The Kier molecular flexibility index (Phi) is 8.49. The molecule has 0 radical (unpaired) electrons. The molecule has 0 saturated heterocycles. The summed E-state index contributed by atoms with van der Waals surface area (Å²) in [6.07, 6.45) is 5.74. The SMILES string of the molecule is O=C(CCCc1ccc(Br)cc1)[C@@H]1CCC[C@H]1C(=O)NCCc1ccc(Br)cc1. The van der Waals surface area contributed by atoms with Crippen LogP contribution in [0.5, 0.6) is 0 Å². The van der Waals surface area contributed by atoms with E-state index in [9.17, 15) is 9.59 Å². The Morgan fingerprint density at radius 1 is 0.828 bits per heavy atom. The minimum absolute atomic E-state index is 0.0471. The Balaban J connectivity index is 1.42. The van der Waals surface area contributed by atoms with E-state index in [4.69, 9.17) is 0 Å². The van der Waals surface area contributed by atoms with Crippen LogP contribution in [0.25, 0.3) is 0 Å². The van der Waals surface area contributed by atoms with Crippen molar-refractivity contribution in [1.29, 1.82) is 0 Å². The van der Waals surface area contributed by atoms with Gasteiger partial charge in [0.05, 0.1) is 0 Å². The molecule has 1 aliphatic carbocycles. The van der Waals surface area contributed by atoms with Crippen LogP contribution < -0.4 is 5.32 Å². The summed E-state index contributed by atoms with van der Waals surface area (Å²) >= 11 is 6.87. The van der Waals surface area contributed by atoms with Gasteiger partial charge < -0.3 is 5.32 Å². The fourth-order valence-corrected chi connectivity index (χ4v) is 4.60. The quantitative estimate of drug-likeness (QED) is 0.448. The molecule has 0 aromatic heterocycles. The highest BCUT2D eigenvalue weighted by Crippen LogP contribution is 2.33. The van der Waals surface area contributed by atoms with Gasteiger partial charge in [-0.2, -0.15) is 0 Å². The molecule has 0 aliphatic heterocycles. The van der Waals surface area contributed by atoms with Crippen molar-refractivity contribution in [3.63, 3.8) is 0 Å². The fourth-order valence-electron chi connectivity index (χ4n) is 4.07. The van der Waals surface area contributed by atoms with E-state index in [1.807, 2.05) is 24.3 Å². The van der Waals surface area contributed by atoms with Crippen molar-refractivity contribution in [3.8, 4) is 0 Å². The number of Topliss-reactive ketones (excluding diaryl/α,β-unsaturated/α-hetero) is 1. The molecule has 1 saturated carbocycles. The Bertz CT molecular complexity index is 748. The molecule has 1 N–H and O–H groups in total. The van der Waals surface area contributed by atoms with E-state index in [1.165, 1.54) is 11.1 Å². The van der Waals surface area contributed by atoms with Crippen LogP contribution in [0.1, 0.15) is 43.2 Å². The van der Waals surface area contributed by atoms with Gasteiger partial charge in [0.1, 0.15) is 5.78 Å². The monoisotopic (exact) mass is 519 g/mol. The minimum Gasteiger partial charge on any atom is -0.356 e. The second-order valence-corrected chi connectivity index (χ2v) is 9.59. The van der Waals surface area contributed by atoms with E-state index in [0.29, 0.717) is 13.0 Å². The zero-order valence-electron chi connectivity index (χ0n) is 16.5. The average Bonchev–Trinajstić information content (AvgIpc) is 3.21. The predicted molar refractivity (Wildman–Crippen MR) is 124 cm³/mol. The molecule has 0 spiro atoms. The van der Waals surface area contributed by atoms with E-state index in [1.54, 1.807) is 0 Å². The van der Waals surface area contributed by atoms with E-state index < -0.39 is 0 Å². The summed E-state index contributed by atoms with van der Waals surface area (Å²) < 4.78 is 2.12. The summed E-state index contributed by atoms with van der Waals surface area (Å²) in [7, 11) is 0. The highest BCUT2D eigenvalue weighted by Gasteiger charge is 2.36. The molecule has 3 rings (SSSR count). The second-order valence-electron chi connectivity index (χ2n) is 7.76. The number of nitrogens with one attached hydrogen (secondary N) is 1. The summed E-state index contributed by atoms with van der Waals surface area (Å²) in [5.41, 5.74) is 2.44. The molecule has 1 amide bonds. The number of carbonyl (C=O) groups is 2. The molecule has 2 aromatic rings. The van der Waals surface area contributed by atoms with Crippen LogP contribution in [0.15, 0.2) is 57.5 Å². The molecule has 1 aliphatic rings. The lowest BCUT2D eigenvalue weighted by Crippen LogP contribution is -2.36. The van der Waals surface area contributed by atoms with Gasteiger partial charge in [0.25, 0.3) is 0 Å². The van der Waals surface area contributed by atoms with Gasteiger partial charge in [-0.05, 0) is 67.5 Å². The van der Waals surface area contributed by atoms with Gasteiger partial charge in [-0.25, -0.2) is 0 Å². The van der Waals surface area contributed by atoms with Gasteiger partial charge in [-0.15, -0.1) is 0 Å². The number of halogens is 2. The Morgan fingerprint density at radius 3 is 2.00 bits per heavy atom. The number of carbonyl (C=O) groups excluding carboxylic acids is 2. The van der Waals surface area contributed by atoms with Gasteiger partial charge >= 0.3 is 0 Å². The first kappa shape index (κ1) is 22.2. The number of benzene rings is 2. The first-order valence-electron chi connectivity index (χ1n) is 10.3. The Morgan fingerprint density at radius 2 is 1.38 bits per heavy atom. The van der Waals surface area contributed by atoms with Crippen molar-refractivity contribution in [1.82, 2.24) is 5.32 Å². The molecular formula is C24H27Br2NO2. The maximum atomic E-state index is 12.7. The highest BCUT2D eigenvalue weighted by molar-refractivity contribution is 9.10. The summed E-state index contributed by atoms with van der Waals surface area (Å²) in [5, 5.41) is 3.05. The lowest BCUT2D eigenvalue weighted by atomic mass is 9.88. The second kappa shape index (κ2) is 11.1. The lowest BCUT2D eigenvalue weighted by molar-refractivity contribution is -0.132. The van der Waals surface area contributed by atoms with Gasteiger partial charge in [0, 0.05) is 33.7 Å². The molecule has 29 heavy (non-hydrogen) atoms. The molecule has 0 unspecified atom stereocenters. The number of hydrogen-bond donors (Lipinski definition) is 1. The maximum Gasteiger partial charge on any atom is 0.223 e. The molecule has 5 heteroatoms. The van der Waals surface area contributed by atoms with Crippen molar-refractivity contribution >= 4 is 43.6 Å². The molecule has 2 atom stereocenters. The van der Waals surface area contributed by atoms with E-state index in [0.717, 1.165) is 47.5 Å². The number of aryl methyl sites for hydroxylation is 1. The van der Waals surface area contributed by atoms with Crippen LogP contribution in [-0.2, 0) is 22.4 Å². The average molecular weight is 521 g/mol. The molecule has 0 heterocycles. The van der Waals surface area contributed by atoms with Crippen molar-refractivity contribution in [2.24, 2.45) is 11.8 Å². The van der Waals surface area contributed by atoms with Crippen LogP contribution in [0, 0.1) is 11.8 Å². The van der Waals surface area contributed by atoms with E-state index in [2.05, 4.69) is 61.4 Å². The molecular weight excluding hydrogens is 494 g/mol. The van der Waals surface area contributed by atoms with Crippen molar-refractivity contribution < 1.29 is 9.59 Å². The van der Waals surface area contributed by atoms with Crippen LogP contribution >= 0.6 is 31.9 Å². The van der Waals surface area contributed by atoms with E-state index >= 15 is 0 Å². The molecule has 2 aromatic carbocycles. The van der Waals surface area contributed by atoms with Crippen molar-refractivity contribution in [2.75, 3.05) is 6.54 Å². The van der Waals surface area contributed by atoms with Crippen LogP contribution in [0.3, 0.4) is 0 Å². The van der Waals surface area contributed by atoms with Crippen LogP contribution in [0.4, 0.5) is 0 Å². The lowest BCUT2D eigenvalue weighted by Gasteiger charge is -2.18. The minimum atomic E-state index is -0.153. The molecule has 3 nitrogen and oxygen atoms in total. The molecule has 1 fully saturated rings. The number of ketones is 1. The zero-order valence-corrected chi connectivity index (χ0v) is 19.7. The van der Waals surface area contributed by atoms with Gasteiger partial charge in [-0.1, -0.05) is 62.5 Å². The first-order chi connectivity index (χ1) is 14.0. The van der Waals surface area contributed by atoms with Gasteiger partial charge in [-0.3, -0.25) is 9.59 Å². The number of hydrogen-bond acceptors (Lipinski definition) is 2. The first-order valence-corrected chi connectivity index (χ1v) is 11.9. The van der Waals surface area contributed by atoms with E-state index in [-0.39, 0.29) is 23.5 Å². The molecule has 0 bridgehead atoms. The largest absolute Gasteiger partial charge is 0.356 e. The van der Waals surface area contributed by atoms with Crippen LogP contribution in [0.2, 0.25) is 0 Å². The topological polar surface area (TPSA) is 46.2 Å². The number of amides is 1. The smallest absolute Gasteiger partial charge is 0.223 e. The Hall–Kier alpha value is -1.46. The zero-order chi connectivity index (χ0) is 20.6. The van der Waals surface area contributed by atoms with Crippen LogP contribution in [-0.4, -0.2) is 18.2 Å². The Labute approximate surface area is 189 Å². The van der Waals surface area contributed by atoms with Gasteiger partial charge in [0.2, 0.25) is 5.91 Å². The summed E-state index contributed by atoms with van der Waals surface area (Å²) in [5.74, 6) is 0.0474. The summed E-state index contributed by atoms with van der Waals surface area (Å²) in [4.78, 5) is 25.4. The van der Waals surface area contributed by atoms with Crippen molar-refractivity contribution in [3.05, 3.63) is 68.6 Å². The standard InChI is InChI=1S/C24H27Br2NO2/c25-19-11-7-17(8-12-19)3-1-6-23(28)21-4-2-5-22(21)24(29)27-16-15-18-9-13-20(26)14-10-18/h7-14,21-22H,1-6,15-16H2,(H,27,29)/t21-,22-/m1/s1. The fraction of sp³-hybridized carbons (Fsp3) is 0.417. The summed E-state index contributed by atoms with van der Waals surface area (Å²) in [6, 6.07) is 16.4. The third-order valence-corrected chi connectivity index (χ3v) is 6.75. The number of rotatable bonds is 9. The van der Waals surface area contributed by atoms with Gasteiger partial charge in [0.15, 0.2) is 0 Å². The highest BCUT2D eigenvalue weighted by atomic mass is 79.9. The molecule has 154 valence electrons. The summed E-state index contributed by atoms with van der Waals surface area (Å²) in [6.45, 7) is 0.613. The maximum absolute atomic E-state index is 12.7. The third-order valence-electron chi connectivity index (χ3n) is 5.69. The third kappa shape index (κ3) is 6.78.